The van der Waals surface area contributed by atoms with E-state index in [1.54, 1.807) is 43.0 Å². The van der Waals surface area contributed by atoms with Crippen LogP contribution in [0.2, 0.25) is 0 Å². The van der Waals surface area contributed by atoms with Gasteiger partial charge < -0.3 is 15.1 Å². The molecule has 2 aromatic heterocycles. The number of pyridine rings is 1. The molecule has 1 spiro atoms. The Hall–Kier alpha value is -3.03. The predicted octanol–water partition coefficient (Wildman–Crippen LogP) is 1.63. The lowest BCUT2D eigenvalue weighted by Crippen LogP contribution is -2.49. The van der Waals surface area contributed by atoms with Gasteiger partial charge in [0.15, 0.2) is 5.60 Å². The van der Waals surface area contributed by atoms with E-state index in [0.29, 0.717) is 30.3 Å². The van der Waals surface area contributed by atoms with Crippen LogP contribution in [-0.2, 0) is 9.63 Å². The summed E-state index contributed by atoms with van der Waals surface area (Å²) in [5.41, 5.74) is 0.554. The minimum absolute atomic E-state index is 0.252. The van der Waals surface area contributed by atoms with Crippen molar-refractivity contribution in [1.82, 2.24) is 15.0 Å². The van der Waals surface area contributed by atoms with Crippen molar-refractivity contribution in [1.29, 1.82) is 0 Å². The molecular formula is C17H18N6O2. The maximum atomic E-state index is 12.4. The minimum atomic E-state index is -0.487. The van der Waals surface area contributed by atoms with Gasteiger partial charge in [-0.15, -0.1) is 0 Å². The van der Waals surface area contributed by atoms with E-state index in [-0.39, 0.29) is 5.91 Å². The van der Waals surface area contributed by atoms with Crippen LogP contribution in [0.15, 0.2) is 48.1 Å². The van der Waals surface area contributed by atoms with Crippen molar-refractivity contribution in [3.8, 4) is 0 Å². The second-order valence-corrected chi connectivity index (χ2v) is 6.26. The second-order valence-electron chi connectivity index (χ2n) is 6.26. The number of carbonyl (C=O) groups excluding carboxylic acids is 1. The molecule has 0 radical (unpaired) electrons. The first kappa shape index (κ1) is 15.5. The highest BCUT2D eigenvalue weighted by Crippen LogP contribution is 2.34. The number of nitrogens with one attached hydrogen (secondary N) is 1. The van der Waals surface area contributed by atoms with Crippen LogP contribution in [0.5, 0.6) is 0 Å². The topological polar surface area (TPSA) is 92.6 Å². The van der Waals surface area contributed by atoms with Gasteiger partial charge in [0.25, 0.3) is 5.91 Å². The first-order valence-corrected chi connectivity index (χ1v) is 8.23. The van der Waals surface area contributed by atoms with Crippen LogP contribution in [-0.4, -0.2) is 45.3 Å². The lowest BCUT2D eigenvalue weighted by atomic mass is 9.88. The Bertz CT molecular complexity index is 782. The highest BCUT2D eigenvalue weighted by Gasteiger charge is 2.45. The van der Waals surface area contributed by atoms with Crippen molar-refractivity contribution in [3.05, 3.63) is 43.0 Å². The number of oxime groups is 1. The molecule has 0 saturated carbocycles. The second kappa shape index (κ2) is 6.46. The van der Waals surface area contributed by atoms with E-state index in [4.69, 9.17) is 4.84 Å². The van der Waals surface area contributed by atoms with Crippen LogP contribution in [0.3, 0.4) is 0 Å². The first-order chi connectivity index (χ1) is 12.2. The molecule has 2 aromatic rings. The molecule has 2 aliphatic rings. The number of rotatable bonds is 3. The molecule has 0 aromatic carbocycles. The Balaban J connectivity index is 1.42. The van der Waals surface area contributed by atoms with E-state index in [2.05, 4.69) is 30.3 Å². The molecule has 0 bridgehead atoms. The summed E-state index contributed by atoms with van der Waals surface area (Å²) in [4.78, 5) is 32.8. The largest absolute Gasteiger partial charge is 0.386 e. The number of piperidine rings is 1. The maximum absolute atomic E-state index is 12.4. The summed E-state index contributed by atoms with van der Waals surface area (Å²) < 4.78 is 0. The SMILES string of the molecule is O=C(Nc1cccnc1)C1=NOC2(CCCN(c3ncccn3)C2)C1. The third-order valence-corrected chi connectivity index (χ3v) is 4.40. The molecule has 8 nitrogen and oxygen atoms in total. The van der Waals surface area contributed by atoms with E-state index in [9.17, 15) is 4.79 Å². The Morgan fingerprint density at radius 2 is 2.12 bits per heavy atom. The highest BCUT2D eigenvalue weighted by molar-refractivity contribution is 6.43. The van der Waals surface area contributed by atoms with Crippen molar-refractivity contribution in [2.75, 3.05) is 23.3 Å². The smallest absolute Gasteiger partial charge is 0.273 e. The Kier molecular flexibility index (Phi) is 4.01. The fourth-order valence-electron chi connectivity index (χ4n) is 3.23. The van der Waals surface area contributed by atoms with Gasteiger partial charge in [0, 0.05) is 31.6 Å². The summed E-state index contributed by atoms with van der Waals surface area (Å²) in [6.45, 7) is 1.48. The summed E-state index contributed by atoms with van der Waals surface area (Å²) in [5, 5.41) is 6.85. The average Bonchev–Trinajstić information content (AvgIpc) is 3.07. The van der Waals surface area contributed by atoms with Gasteiger partial charge in [-0.25, -0.2) is 9.97 Å². The van der Waals surface area contributed by atoms with Crippen molar-refractivity contribution >= 4 is 23.3 Å². The third kappa shape index (κ3) is 3.28. The molecule has 1 fully saturated rings. The lowest BCUT2D eigenvalue weighted by molar-refractivity contribution is -0.110. The van der Waals surface area contributed by atoms with Gasteiger partial charge in [0.05, 0.1) is 18.4 Å². The predicted molar refractivity (Wildman–Crippen MR) is 92.2 cm³/mol. The highest BCUT2D eigenvalue weighted by atomic mass is 16.7. The van der Waals surface area contributed by atoms with E-state index in [1.807, 2.05) is 0 Å². The zero-order chi connectivity index (χ0) is 17.1. The number of hydrogen-bond acceptors (Lipinski definition) is 7. The Morgan fingerprint density at radius 3 is 2.92 bits per heavy atom. The lowest BCUT2D eigenvalue weighted by Gasteiger charge is -2.38. The molecule has 128 valence electrons. The molecule has 1 unspecified atom stereocenters. The fraction of sp³-hybridized carbons (Fsp3) is 0.353. The van der Waals surface area contributed by atoms with Crippen molar-refractivity contribution in [2.45, 2.75) is 24.9 Å². The van der Waals surface area contributed by atoms with Gasteiger partial charge in [-0.2, -0.15) is 0 Å². The number of amides is 1. The normalized spacial score (nSPS) is 22.4. The minimum Gasteiger partial charge on any atom is -0.386 e. The summed E-state index contributed by atoms with van der Waals surface area (Å²) in [7, 11) is 0. The zero-order valence-electron chi connectivity index (χ0n) is 13.6. The molecule has 4 heterocycles. The molecule has 1 amide bonds. The van der Waals surface area contributed by atoms with Crippen molar-refractivity contribution < 1.29 is 9.63 Å². The molecule has 4 rings (SSSR count). The van der Waals surface area contributed by atoms with E-state index in [1.165, 1.54) is 0 Å². The molecule has 1 saturated heterocycles. The van der Waals surface area contributed by atoms with Crippen molar-refractivity contribution in [3.63, 3.8) is 0 Å². The van der Waals surface area contributed by atoms with E-state index < -0.39 is 5.60 Å². The number of nitrogens with zero attached hydrogens (tertiary/aromatic N) is 5. The number of anilines is 2. The van der Waals surface area contributed by atoms with Gasteiger partial charge in [-0.1, -0.05) is 5.16 Å². The van der Waals surface area contributed by atoms with Crippen LogP contribution in [0.25, 0.3) is 0 Å². The van der Waals surface area contributed by atoms with E-state index in [0.717, 1.165) is 19.4 Å². The molecule has 1 atom stereocenters. The maximum Gasteiger partial charge on any atom is 0.273 e. The van der Waals surface area contributed by atoms with Gasteiger partial charge in [0.1, 0.15) is 5.71 Å². The molecule has 8 heteroatoms. The number of aromatic nitrogens is 3. The third-order valence-electron chi connectivity index (χ3n) is 4.40. The summed E-state index contributed by atoms with van der Waals surface area (Å²) in [6, 6.07) is 5.34. The van der Waals surface area contributed by atoms with Gasteiger partial charge in [0.2, 0.25) is 5.95 Å². The Morgan fingerprint density at radius 1 is 1.24 bits per heavy atom. The van der Waals surface area contributed by atoms with Crippen LogP contribution in [0.1, 0.15) is 19.3 Å². The number of hydrogen-bond donors (Lipinski definition) is 1. The van der Waals surface area contributed by atoms with Crippen LogP contribution in [0, 0.1) is 0 Å². The standard InChI is InChI=1S/C17H18N6O2/c24-15(21-13-4-1-6-18-11-13)14-10-17(25-22-14)5-2-9-23(12-17)16-19-7-3-8-20-16/h1,3-4,6-8,11H,2,5,9-10,12H2,(H,21,24). The molecule has 2 aliphatic heterocycles. The van der Waals surface area contributed by atoms with Crippen LogP contribution < -0.4 is 10.2 Å². The average molecular weight is 338 g/mol. The number of carbonyl (C=O) groups is 1. The van der Waals surface area contributed by atoms with Crippen LogP contribution >= 0.6 is 0 Å². The van der Waals surface area contributed by atoms with E-state index >= 15 is 0 Å². The van der Waals surface area contributed by atoms with Crippen LogP contribution in [0.4, 0.5) is 11.6 Å². The van der Waals surface area contributed by atoms with Gasteiger partial charge >= 0.3 is 0 Å². The summed E-state index contributed by atoms with van der Waals surface area (Å²) in [6.07, 6.45) is 8.96. The van der Waals surface area contributed by atoms with Crippen molar-refractivity contribution in [2.24, 2.45) is 5.16 Å². The molecule has 25 heavy (non-hydrogen) atoms. The summed E-state index contributed by atoms with van der Waals surface area (Å²) in [5.74, 6) is 0.427. The summed E-state index contributed by atoms with van der Waals surface area (Å²) >= 11 is 0. The quantitative estimate of drug-likeness (QED) is 0.914. The fourth-order valence-corrected chi connectivity index (χ4v) is 3.23. The molecule has 1 N–H and O–H groups in total. The molecule has 0 aliphatic carbocycles. The van der Waals surface area contributed by atoms with Gasteiger partial charge in [-0.3, -0.25) is 9.78 Å². The van der Waals surface area contributed by atoms with Gasteiger partial charge in [-0.05, 0) is 31.0 Å². The first-order valence-electron chi connectivity index (χ1n) is 8.23. The molecular weight excluding hydrogens is 320 g/mol. The monoisotopic (exact) mass is 338 g/mol. The Labute approximate surface area is 144 Å². The zero-order valence-corrected chi connectivity index (χ0v) is 13.6.